The molecule has 2 aromatic rings. The molecule has 1 atom stereocenters. The molecule has 2 aromatic carbocycles. The smallest absolute Gasteiger partial charge is 0.129 e. The van der Waals surface area contributed by atoms with E-state index in [0.717, 1.165) is 0 Å². The van der Waals surface area contributed by atoms with Crippen LogP contribution in [0.3, 0.4) is 0 Å². The van der Waals surface area contributed by atoms with Gasteiger partial charge in [0.2, 0.25) is 0 Å². The third-order valence-corrected chi connectivity index (χ3v) is 3.76. The van der Waals surface area contributed by atoms with Gasteiger partial charge in [0.25, 0.3) is 0 Å². The molecule has 0 aromatic heterocycles. The number of halogens is 4. The van der Waals surface area contributed by atoms with Gasteiger partial charge in [-0.3, -0.25) is 5.84 Å². The summed E-state index contributed by atoms with van der Waals surface area (Å²) in [6.07, 6.45) is 0. The highest BCUT2D eigenvalue weighted by Gasteiger charge is 2.22. The lowest BCUT2D eigenvalue weighted by Crippen LogP contribution is -2.30. The number of nitrogens with two attached hydrogens (primary N) is 1. The minimum atomic E-state index is -0.751. The van der Waals surface area contributed by atoms with Gasteiger partial charge in [-0.1, -0.05) is 33.6 Å². The van der Waals surface area contributed by atoms with Crippen molar-refractivity contribution in [3.05, 3.63) is 68.7 Å². The summed E-state index contributed by atoms with van der Waals surface area (Å²) in [6, 6.07) is 7.66. The maximum Gasteiger partial charge on any atom is 0.129 e. The normalized spacial score (nSPS) is 12.5. The Balaban J connectivity index is 2.59. The predicted octanol–water partition coefficient (Wildman–Crippen LogP) is 3.93. The lowest BCUT2D eigenvalue weighted by molar-refractivity contribution is 0.553. The number of benzene rings is 2. The third-order valence-electron chi connectivity index (χ3n) is 2.72. The monoisotopic (exact) mass is 346 g/mol. The summed E-state index contributed by atoms with van der Waals surface area (Å²) >= 11 is 9.28. The molecule has 6 heteroatoms. The zero-order chi connectivity index (χ0) is 14.0. The molecule has 0 saturated heterocycles. The maximum absolute atomic E-state index is 13.9. The average Bonchev–Trinajstić information content (AvgIpc) is 2.37. The summed E-state index contributed by atoms with van der Waals surface area (Å²) in [6.45, 7) is 0. The van der Waals surface area contributed by atoms with E-state index in [1.54, 1.807) is 12.1 Å². The first kappa shape index (κ1) is 14.4. The average molecular weight is 348 g/mol. The van der Waals surface area contributed by atoms with Crippen molar-refractivity contribution >= 4 is 27.5 Å². The Morgan fingerprint density at radius 2 is 1.95 bits per heavy atom. The standard InChI is InChI=1S/C13H10BrClF2N2/c14-9-2-1-3-11(17)12(9)13(19-18)8-6-7(16)4-5-10(8)15/h1-6,13,19H,18H2. The molecule has 0 aliphatic heterocycles. The quantitative estimate of drug-likeness (QED) is 0.652. The zero-order valence-electron chi connectivity index (χ0n) is 9.63. The van der Waals surface area contributed by atoms with Crippen LogP contribution < -0.4 is 11.3 Å². The first-order chi connectivity index (χ1) is 9.04. The lowest BCUT2D eigenvalue weighted by atomic mass is 9.98. The van der Waals surface area contributed by atoms with Crippen LogP contribution in [0.4, 0.5) is 8.78 Å². The summed E-state index contributed by atoms with van der Waals surface area (Å²) in [5.41, 5.74) is 3.11. The van der Waals surface area contributed by atoms with E-state index in [1.807, 2.05) is 0 Å². The van der Waals surface area contributed by atoms with Crippen molar-refractivity contribution in [3.63, 3.8) is 0 Å². The highest BCUT2D eigenvalue weighted by atomic mass is 79.9. The van der Waals surface area contributed by atoms with Crippen LogP contribution in [-0.2, 0) is 0 Å². The van der Waals surface area contributed by atoms with E-state index in [9.17, 15) is 8.78 Å². The van der Waals surface area contributed by atoms with Gasteiger partial charge in [-0.05, 0) is 35.9 Å². The molecule has 0 aliphatic carbocycles. The Morgan fingerprint density at radius 3 is 2.58 bits per heavy atom. The molecule has 0 spiro atoms. The molecule has 0 amide bonds. The lowest BCUT2D eigenvalue weighted by Gasteiger charge is -2.20. The Hall–Kier alpha value is -1.01. The van der Waals surface area contributed by atoms with Crippen LogP contribution in [0.15, 0.2) is 40.9 Å². The number of hydrazine groups is 1. The Bertz CT molecular complexity index is 587. The molecule has 0 saturated carbocycles. The minimum Gasteiger partial charge on any atom is -0.271 e. The van der Waals surface area contributed by atoms with E-state index in [2.05, 4.69) is 21.4 Å². The first-order valence-electron chi connectivity index (χ1n) is 5.39. The minimum absolute atomic E-state index is 0.275. The number of hydrogen-bond donors (Lipinski definition) is 2. The fourth-order valence-electron chi connectivity index (χ4n) is 1.85. The number of hydrogen-bond acceptors (Lipinski definition) is 2. The van der Waals surface area contributed by atoms with Crippen LogP contribution in [0.1, 0.15) is 17.2 Å². The number of rotatable bonds is 3. The highest BCUT2D eigenvalue weighted by Crippen LogP contribution is 2.34. The summed E-state index contributed by atoms with van der Waals surface area (Å²) in [7, 11) is 0. The van der Waals surface area contributed by atoms with Crippen molar-refractivity contribution in [2.45, 2.75) is 6.04 Å². The molecule has 0 radical (unpaired) electrons. The Labute approximate surface area is 122 Å². The van der Waals surface area contributed by atoms with Crippen LogP contribution in [-0.4, -0.2) is 0 Å². The van der Waals surface area contributed by atoms with E-state index < -0.39 is 17.7 Å². The van der Waals surface area contributed by atoms with Crippen LogP contribution in [0, 0.1) is 11.6 Å². The van der Waals surface area contributed by atoms with Crippen molar-refractivity contribution in [3.8, 4) is 0 Å². The van der Waals surface area contributed by atoms with Crippen molar-refractivity contribution in [2.24, 2.45) is 5.84 Å². The van der Waals surface area contributed by atoms with Crippen molar-refractivity contribution < 1.29 is 8.78 Å². The summed E-state index contributed by atoms with van der Waals surface area (Å²) in [5, 5.41) is 0.305. The van der Waals surface area contributed by atoms with Crippen LogP contribution in [0.25, 0.3) is 0 Å². The van der Waals surface area contributed by atoms with Gasteiger partial charge in [-0.2, -0.15) is 0 Å². The van der Waals surface area contributed by atoms with Gasteiger partial charge < -0.3 is 0 Å². The van der Waals surface area contributed by atoms with E-state index in [-0.39, 0.29) is 5.56 Å². The van der Waals surface area contributed by atoms with Gasteiger partial charge in [0.15, 0.2) is 0 Å². The fraction of sp³-hybridized carbons (Fsp3) is 0.0769. The molecule has 2 rings (SSSR count). The van der Waals surface area contributed by atoms with Crippen LogP contribution >= 0.6 is 27.5 Å². The summed E-state index contributed by atoms with van der Waals surface area (Å²) in [4.78, 5) is 0. The molecular weight excluding hydrogens is 338 g/mol. The zero-order valence-corrected chi connectivity index (χ0v) is 12.0. The molecule has 19 heavy (non-hydrogen) atoms. The molecule has 100 valence electrons. The topological polar surface area (TPSA) is 38.0 Å². The molecule has 1 unspecified atom stereocenters. The molecule has 0 aliphatic rings. The summed E-state index contributed by atoms with van der Waals surface area (Å²) in [5.74, 6) is 4.55. The van der Waals surface area contributed by atoms with Gasteiger partial charge in [0.05, 0.1) is 6.04 Å². The van der Waals surface area contributed by atoms with Gasteiger partial charge in [-0.15, -0.1) is 0 Å². The second-order valence-corrected chi connectivity index (χ2v) is 5.16. The maximum atomic E-state index is 13.9. The molecule has 0 heterocycles. The molecule has 3 N–H and O–H groups in total. The predicted molar refractivity (Wildman–Crippen MR) is 74.7 cm³/mol. The van der Waals surface area contributed by atoms with Crippen molar-refractivity contribution in [2.75, 3.05) is 0 Å². The van der Waals surface area contributed by atoms with E-state index in [1.165, 1.54) is 24.3 Å². The van der Waals surface area contributed by atoms with E-state index >= 15 is 0 Å². The van der Waals surface area contributed by atoms with Gasteiger partial charge in [0, 0.05) is 15.1 Å². The van der Waals surface area contributed by atoms with E-state index in [0.29, 0.717) is 15.1 Å². The van der Waals surface area contributed by atoms with Gasteiger partial charge in [0.1, 0.15) is 11.6 Å². The Kier molecular flexibility index (Phi) is 4.52. The SMILES string of the molecule is NNC(c1cc(F)ccc1Cl)c1c(F)cccc1Br. The fourth-order valence-corrected chi connectivity index (χ4v) is 2.65. The van der Waals surface area contributed by atoms with Crippen molar-refractivity contribution in [1.29, 1.82) is 0 Å². The highest BCUT2D eigenvalue weighted by molar-refractivity contribution is 9.10. The largest absolute Gasteiger partial charge is 0.271 e. The molecule has 0 fully saturated rings. The van der Waals surface area contributed by atoms with Crippen molar-refractivity contribution in [1.82, 2.24) is 5.43 Å². The van der Waals surface area contributed by atoms with Gasteiger partial charge in [-0.25, -0.2) is 14.2 Å². The first-order valence-corrected chi connectivity index (χ1v) is 6.56. The van der Waals surface area contributed by atoms with E-state index in [4.69, 9.17) is 17.4 Å². The molecule has 0 bridgehead atoms. The molecule has 2 nitrogen and oxygen atoms in total. The van der Waals surface area contributed by atoms with Crippen LogP contribution in [0.5, 0.6) is 0 Å². The van der Waals surface area contributed by atoms with Crippen LogP contribution in [0.2, 0.25) is 5.02 Å². The second-order valence-electron chi connectivity index (χ2n) is 3.90. The second kappa shape index (κ2) is 5.96. The third kappa shape index (κ3) is 2.95. The number of nitrogens with one attached hydrogen (secondary N) is 1. The molecular formula is C13H10BrClF2N2. The van der Waals surface area contributed by atoms with Gasteiger partial charge >= 0.3 is 0 Å². The summed E-state index contributed by atoms with van der Waals surface area (Å²) < 4.78 is 27.8. The Morgan fingerprint density at radius 1 is 1.21 bits per heavy atom.